The number of carbonyl (C=O) groups is 2. The van der Waals surface area contributed by atoms with Gasteiger partial charge in [0, 0.05) is 12.8 Å². The van der Waals surface area contributed by atoms with Gasteiger partial charge in [0.05, 0.1) is 0 Å². The number of carboxylic acid groups (broad SMARTS) is 1. The minimum atomic E-state index is -1.02. The molecular weight excluding hydrogens is 290 g/mol. The molecule has 0 bridgehead atoms. The summed E-state index contributed by atoms with van der Waals surface area (Å²) in [5, 5.41) is 12.3. The van der Waals surface area contributed by atoms with Gasteiger partial charge in [-0.25, -0.2) is 4.79 Å². The van der Waals surface area contributed by atoms with Gasteiger partial charge in [0.1, 0.15) is 6.04 Å². The molecule has 1 atom stereocenters. The van der Waals surface area contributed by atoms with E-state index in [4.69, 9.17) is 0 Å². The van der Waals surface area contributed by atoms with Gasteiger partial charge in [-0.15, -0.1) is 0 Å². The fourth-order valence-electron chi connectivity index (χ4n) is 3.43. The highest BCUT2D eigenvalue weighted by molar-refractivity contribution is 5.84. The van der Waals surface area contributed by atoms with Crippen LogP contribution in [0.25, 0.3) is 0 Å². The van der Waals surface area contributed by atoms with Gasteiger partial charge >= 0.3 is 5.97 Å². The molecule has 0 aliphatic heterocycles. The summed E-state index contributed by atoms with van der Waals surface area (Å²) >= 11 is 0. The maximum atomic E-state index is 11.9. The van der Waals surface area contributed by atoms with Gasteiger partial charge in [-0.3, -0.25) is 4.79 Å². The third-order valence-corrected chi connectivity index (χ3v) is 4.40. The maximum absolute atomic E-state index is 11.9. The lowest BCUT2D eigenvalue weighted by Gasteiger charge is -2.27. The van der Waals surface area contributed by atoms with Gasteiger partial charge in [0.2, 0.25) is 5.91 Å². The molecule has 2 aromatic rings. The first-order chi connectivity index (χ1) is 11.1. The minimum Gasteiger partial charge on any atom is -0.480 e. The van der Waals surface area contributed by atoms with Gasteiger partial charge in [-0.2, -0.15) is 0 Å². The zero-order valence-corrected chi connectivity index (χ0v) is 13.0. The Kier molecular flexibility index (Phi) is 4.15. The Morgan fingerprint density at radius 3 is 1.91 bits per heavy atom. The lowest BCUT2D eigenvalue weighted by molar-refractivity contribution is -0.141. The van der Waals surface area contributed by atoms with Crippen LogP contribution in [-0.4, -0.2) is 23.0 Å². The van der Waals surface area contributed by atoms with E-state index in [2.05, 4.69) is 5.32 Å². The summed E-state index contributed by atoms with van der Waals surface area (Å²) in [4.78, 5) is 23.4. The number of amides is 1. The van der Waals surface area contributed by atoms with Gasteiger partial charge in [0.25, 0.3) is 0 Å². The van der Waals surface area contributed by atoms with E-state index in [1.165, 1.54) is 6.92 Å². The maximum Gasteiger partial charge on any atom is 0.327 e. The molecule has 1 aliphatic carbocycles. The second kappa shape index (κ2) is 6.24. The normalized spacial score (nSPS) is 15.0. The van der Waals surface area contributed by atoms with Gasteiger partial charge in [-0.1, -0.05) is 48.5 Å². The largest absolute Gasteiger partial charge is 0.480 e. The molecule has 0 radical (unpaired) electrons. The summed E-state index contributed by atoms with van der Waals surface area (Å²) in [6.07, 6.45) is 1.74. The van der Waals surface area contributed by atoms with Crippen molar-refractivity contribution in [2.24, 2.45) is 0 Å². The SMILES string of the molecule is CC(=O)N[C@@H](C(=O)O)C1c2ccccc2CCc2ccccc21. The molecule has 0 fully saturated rings. The quantitative estimate of drug-likeness (QED) is 0.915. The molecule has 2 N–H and O–H groups in total. The molecule has 118 valence electrons. The summed E-state index contributed by atoms with van der Waals surface area (Å²) in [5.41, 5.74) is 4.26. The molecule has 0 aromatic heterocycles. The molecule has 2 aromatic carbocycles. The molecule has 4 heteroatoms. The van der Waals surface area contributed by atoms with Crippen LogP contribution in [0.15, 0.2) is 48.5 Å². The zero-order chi connectivity index (χ0) is 16.4. The molecule has 1 amide bonds. The summed E-state index contributed by atoms with van der Waals surface area (Å²) < 4.78 is 0. The molecular formula is C19H19NO3. The Morgan fingerprint density at radius 2 is 1.48 bits per heavy atom. The standard InChI is InChI=1S/C19H19NO3/c1-12(21)20-18(19(22)23)17-15-8-4-2-6-13(15)10-11-14-7-3-5-9-16(14)17/h2-9,17-18H,10-11H2,1H3,(H,20,21)(H,22,23)/t18-/m1/s1. The Morgan fingerprint density at radius 1 is 1.00 bits per heavy atom. The Hall–Kier alpha value is -2.62. The number of rotatable bonds is 3. The topological polar surface area (TPSA) is 66.4 Å². The Labute approximate surface area is 135 Å². The molecule has 3 rings (SSSR count). The van der Waals surface area contributed by atoms with Crippen molar-refractivity contribution in [3.8, 4) is 0 Å². The van der Waals surface area contributed by atoms with Crippen LogP contribution < -0.4 is 5.32 Å². The molecule has 0 saturated heterocycles. The monoisotopic (exact) mass is 309 g/mol. The number of fused-ring (bicyclic) bond motifs is 2. The fraction of sp³-hybridized carbons (Fsp3) is 0.263. The highest BCUT2D eigenvalue weighted by Gasteiger charge is 2.35. The van der Waals surface area contributed by atoms with Crippen molar-refractivity contribution in [1.29, 1.82) is 0 Å². The highest BCUT2D eigenvalue weighted by atomic mass is 16.4. The van der Waals surface area contributed by atoms with Crippen molar-refractivity contribution >= 4 is 11.9 Å². The predicted octanol–water partition coefficient (Wildman–Crippen LogP) is 2.51. The average Bonchev–Trinajstić information content (AvgIpc) is 2.69. The number of aryl methyl sites for hydroxylation is 2. The third kappa shape index (κ3) is 2.97. The Balaban J connectivity index is 2.20. The number of benzene rings is 2. The van der Waals surface area contributed by atoms with E-state index in [9.17, 15) is 14.7 Å². The van der Waals surface area contributed by atoms with Crippen LogP contribution in [0.3, 0.4) is 0 Å². The average molecular weight is 309 g/mol. The number of aliphatic carboxylic acids is 1. The van der Waals surface area contributed by atoms with Crippen LogP contribution in [0.5, 0.6) is 0 Å². The van der Waals surface area contributed by atoms with Crippen molar-refractivity contribution in [2.75, 3.05) is 0 Å². The first-order valence-corrected chi connectivity index (χ1v) is 7.73. The van der Waals surface area contributed by atoms with Crippen molar-refractivity contribution < 1.29 is 14.7 Å². The van der Waals surface area contributed by atoms with E-state index in [1.807, 2.05) is 48.5 Å². The summed E-state index contributed by atoms with van der Waals surface area (Å²) in [6, 6.07) is 14.8. The second-order valence-electron chi connectivity index (χ2n) is 5.89. The molecule has 0 spiro atoms. The number of nitrogens with one attached hydrogen (secondary N) is 1. The molecule has 4 nitrogen and oxygen atoms in total. The number of hydrogen-bond donors (Lipinski definition) is 2. The zero-order valence-electron chi connectivity index (χ0n) is 13.0. The van der Waals surface area contributed by atoms with Crippen LogP contribution in [0.1, 0.15) is 35.1 Å². The van der Waals surface area contributed by atoms with E-state index in [1.54, 1.807) is 0 Å². The smallest absolute Gasteiger partial charge is 0.327 e. The van der Waals surface area contributed by atoms with Crippen molar-refractivity contribution in [1.82, 2.24) is 5.32 Å². The van der Waals surface area contributed by atoms with Gasteiger partial charge in [-0.05, 0) is 35.1 Å². The van der Waals surface area contributed by atoms with Crippen molar-refractivity contribution in [3.05, 3.63) is 70.8 Å². The molecule has 0 saturated carbocycles. The first kappa shape index (κ1) is 15.3. The fourth-order valence-corrected chi connectivity index (χ4v) is 3.43. The predicted molar refractivity (Wildman–Crippen MR) is 87.4 cm³/mol. The lowest BCUT2D eigenvalue weighted by atomic mass is 9.82. The van der Waals surface area contributed by atoms with E-state index < -0.39 is 12.0 Å². The van der Waals surface area contributed by atoms with Gasteiger partial charge < -0.3 is 10.4 Å². The van der Waals surface area contributed by atoms with E-state index in [0.717, 1.165) is 35.1 Å². The first-order valence-electron chi connectivity index (χ1n) is 7.73. The van der Waals surface area contributed by atoms with Gasteiger partial charge in [0.15, 0.2) is 0 Å². The third-order valence-electron chi connectivity index (χ3n) is 4.40. The summed E-state index contributed by atoms with van der Waals surface area (Å²) in [5.74, 6) is -1.74. The van der Waals surface area contributed by atoms with Crippen LogP contribution in [-0.2, 0) is 22.4 Å². The van der Waals surface area contributed by atoms with Crippen molar-refractivity contribution in [3.63, 3.8) is 0 Å². The molecule has 0 unspecified atom stereocenters. The number of carbonyl (C=O) groups excluding carboxylic acids is 1. The summed E-state index contributed by atoms with van der Waals surface area (Å²) in [7, 11) is 0. The molecule has 0 heterocycles. The number of carboxylic acids is 1. The Bertz CT molecular complexity index is 706. The van der Waals surface area contributed by atoms with E-state index in [-0.39, 0.29) is 11.8 Å². The molecule has 23 heavy (non-hydrogen) atoms. The molecule has 1 aliphatic rings. The highest BCUT2D eigenvalue weighted by Crippen LogP contribution is 2.36. The van der Waals surface area contributed by atoms with Crippen LogP contribution in [0.2, 0.25) is 0 Å². The van der Waals surface area contributed by atoms with Crippen molar-refractivity contribution in [2.45, 2.75) is 31.7 Å². The van der Waals surface area contributed by atoms with E-state index >= 15 is 0 Å². The van der Waals surface area contributed by atoms with Crippen LogP contribution >= 0.6 is 0 Å². The van der Waals surface area contributed by atoms with Crippen LogP contribution in [0.4, 0.5) is 0 Å². The number of hydrogen-bond acceptors (Lipinski definition) is 2. The minimum absolute atomic E-state index is 0.336. The van der Waals surface area contributed by atoms with E-state index in [0.29, 0.717) is 0 Å². The second-order valence-corrected chi connectivity index (χ2v) is 5.89. The summed E-state index contributed by atoms with van der Waals surface area (Å²) in [6.45, 7) is 1.35. The lowest BCUT2D eigenvalue weighted by Crippen LogP contribution is -2.44. The van der Waals surface area contributed by atoms with Crippen LogP contribution in [0, 0.1) is 0 Å².